The van der Waals surface area contributed by atoms with Gasteiger partial charge in [-0.2, -0.15) is 0 Å². The highest BCUT2D eigenvalue weighted by atomic mass is 16.7. The second-order valence-corrected chi connectivity index (χ2v) is 5.38. The van der Waals surface area contributed by atoms with Gasteiger partial charge in [0.25, 0.3) is 0 Å². The maximum atomic E-state index is 5.93. The monoisotopic (exact) mass is 234 g/mol. The summed E-state index contributed by atoms with van der Waals surface area (Å²) < 4.78 is 11.9. The molecule has 1 saturated heterocycles. The first-order chi connectivity index (χ1) is 7.86. The van der Waals surface area contributed by atoms with Crippen LogP contribution in [-0.4, -0.2) is 23.3 Å². The van der Waals surface area contributed by atoms with E-state index in [0.29, 0.717) is 6.54 Å². The van der Waals surface area contributed by atoms with Gasteiger partial charge in [0.15, 0.2) is 0 Å². The van der Waals surface area contributed by atoms with Gasteiger partial charge in [0, 0.05) is 18.2 Å². The summed E-state index contributed by atoms with van der Waals surface area (Å²) in [5.41, 5.74) is 6.68. The van der Waals surface area contributed by atoms with Gasteiger partial charge in [-0.1, -0.05) is 6.07 Å². The second-order valence-electron chi connectivity index (χ2n) is 5.38. The number of pyridine rings is 1. The molecular formula is C12H19BN2O2. The lowest BCUT2D eigenvalue weighted by Gasteiger charge is -2.32. The van der Waals surface area contributed by atoms with Crippen LogP contribution in [-0.2, 0) is 15.9 Å². The molecule has 1 fully saturated rings. The third-order valence-corrected chi connectivity index (χ3v) is 3.58. The summed E-state index contributed by atoms with van der Waals surface area (Å²) >= 11 is 0. The topological polar surface area (TPSA) is 57.4 Å². The summed E-state index contributed by atoms with van der Waals surface area (Å²) in [4.78, 5) is 4.25. The van der Waals surface area contributed by atoms with Crippen molar-refractivity contribution in [2.75, 3.05) is 0 Å². The zero-order valence-electron chi connectivity index (χ0n) is 10.9. The molecule has 17 heavy (non-hydrogen) atoms. The predicted molar refractivity (Wildman–Crippen MR) is 67.8 cm³/mol. The van der Waals surface area contributed by atoms with Gasteiger partial charge < -0.3 is 15.0 Å². The molecule has 0 radical (unpaired) electrons. The van der Waals surface area contributed by atoms with Gasteiger partial charge in [0.2, 0.25) is 0 Å². The molecule has 0 aliphatic carbocycles. The maximum absolute atomic E-state index is 5.93. The predicted octanol–water partition coefficient (Wildman–Crippen LogP) is 0.839. The molecule has 0 unspecified atom stereocenters. The van der Waals surface area contributed by atoms with Crippen LogP contribution in [0.3, 0.4) is 0 Å². The highest BCUT2D eigenvalue weighted by molar-refractivity contribution is 6.62. The van der Waals surface area contributed by atoms with Crippen molar-refractivity contribution in [3.05, 3.63) is 24.0 Å². The van der Waals surface area contributed by atoms with Crippen LogP contribution < -0.4 is 11.2 Å². The van der Waals surface area contributed by atoms with Crippen molar-refractivity contribution in [1.82, 2.24) is 4.98 Å². The fourth-order valence-electron chi connectivity index (χ4n) is 1.68. The Labute approximate surface area is 103 Å². The number of nitrogens with two attached hydrogens (primary N) is 1. The normalized spacial score (nSPS) is 21.8. The Kier molecular flexibility index (Phi) is 3.02. The van der Waals surface area contributed by atoms with Gasteiger partial charge in [0.1, 0.15) is 0 Å². The summed E-state index contributed by atoms with van der Waals surface area (Å²) in [6.07, 6.45) is 1.77. The van der Waals surface area contributed by atoms with Gasteiger partial charge in [-0.3, -0.25) is 4.98 Å². The van der Waals surface area contributed by atoms with Crippen molar-refractivity contribution in [2.24, 2.45) is 5.73 Å². The van der Waals surface area contributed by atoms with Crippen LogP contribution in [0.2, 0.25) is 0 Å². The van der Waals surface area contributed by atoms with Gasteiger partial charge in [-0.15, -0.1) is 0 Å². The number of hydrogen-bond donors (Lipinski definition) is 1. The van der Waals surface area contributed by atoms with Crippen molar-refractivity contribution in [3.63, 3.8) is 0 Å². The SMILES string of the molecule is CC1(C)OB(c2ccc(CN)nc2)OC1(C)C. The molecule has 2 N–H and O–H groups in total. The van der Waals surface area contributed by atoms with Crippen molar-refractivity contribution in [1.29, 1.82) is 0 Å². The average molecular weight is 234 g/mol. The number of aromatic nitrogens is 1. The molecule has 1 aliphatic rings. The Bertz CT molecular complexity index is 387. The van der Waals surface area contributed by atoms with E-state index in [4.69, 9.17) is 15.0 Å². The largest absolute Gasteiger partial charge is 0.496 e. The highest BCUT2D eigenvalue weighted by Crippen LogP contribution is 2.36. The molecule has 1 aromatic heterocycles. The minimum atomic E-state index is -0.348. The van der Waals surface area contributed by atoms with E-state index in [1.165, 1.54) is 0 Å². The van der Waals surface area contributed by atoms with E-state index in [1.807, 2.05) is 39.8 Å². The smallest absolute Gasteiger partial charge is 0.399 e. The van der Waals surface area contributed by atoms with Gasteiger partial charge in [-0.25, -0.2) is 0 Å². The van der Waals surface area contributed by atoms with E-state index in [0.717, 1.165) is 11.2 Å². The van der Waals surface area contributed by atoms with Crippen LogP contribution in [0.5, 0.6) is 0 Å². The fourth-order valence-corrected chi connectivity index (χ4v) is 1.68. The zero-order chi connectivity index (χ0) is 12.7. The summed E-state index contributed by atoms with van der Waals surface area (Å²) in [6, 6.07) is 3.86. The van der Waals surface area contributed by atoms with E-state index >= 15 is 0 Å². The third kappa shape index (κ3) is 2.23. The molecular weight excluding hydrogens is 215 g/mol. The van der Waals surface area contributed by atoms with Crippen molar-refractivity contribution in [2.45, 2.75) is 45.4 Å². The van der Waals surface area contributed by atoms with E-state index in [9.17, 15) is 0 Å². The molecule has 5 heteroatoms. The quantitative estimate of drug-likeness (QED) is 0.770. The van der Waals surface area contributed by atoms with Crippen LogP contribution >= 0.6 is 0 Å². The fraction of sp³-hybridized carbons (Fsp3) is 0.583. The summed E-state index contributed by atoms with van der Waals surface area (Å²) in [5, 5.41) is 0. The van der Waals surface area contributed by atoms with Crippen LogP contribution in [0.25, 0.3) is 0 Å². The zero-order valence-corrected chi connectivity index (χ0v) is 10.9. The lowest BCUT2D eigenvalue weighted by Crippen LogP contribution is -2.41. The second kappa shape index (κ2) is 4.08. The molecule has 2 rings (SSSR count). The van der Waals surface area contributed by atoms with E-state index in [-0.39, 0.29) is 18.3 Å². The first kappa shape index (κ1) is 12.5. The van der Waals surface area contributed by atoms with Crippen LogP contribution in [0.15, 0.2) is 18.3 Å². The molecule has 92 valence electrons. The molecule has 0 aromatic carbocycles. The van der Waals surface area contributed by atoms with E-state index in [1.54, 1.807) is 6.20 Å². The number of hydrogen-bond acceptors (Lipinski definition) is 4. The van der Waals surface area contributed by atoms with Gasteiger partial charge in [-0.05, 0) is 33.8 Å². The van der Waals surface area contributed by atoms with Crippen LogP contribution in [0.4, 0.5) is 0 Å². The Morgan fingerprint density at radius 3 is 2.18 bits per heavy atom. The van der Waals surface area contributed by atoms with Crippen LogP contribution in [0.1, 0.15) is 33.4 Å². The van der Waals surface area contributed by atoms with Crippen molar-refractivity contribution in [3.8, 4) is 0 Å². The van der Waals surface area contributed by atoms with Crippen molar-refractivity contribution >= 4 is 12.6 Å². The molecule has 2 heterocycles. The molecule has 0 bridgehead atoms. The first-order valence-corrected chi connectivity index (χ1v) is 5.86. The Hall–Kier alpha value is -0.905. The summed E-state index contributed by atoms with van der Waals surface area (Å²) in [5.74, 6) is 0. The average Bonchev–Trinajstić information content (AvgIpc) is 2.48. The molecule has 1 aromatic rings. The van der Waals surface area contributed by atoms with Gasteiger partial charge >= 0.3 is 7.12 Å². The van der Waals surface area contributed by atoms with Gasteiger partial charge in [0.05, 0.1) is 16.9 Å². The maximum Gasteiger partial charge on any atom is 0.496 e. The Morgan fingerprint density at radius 1 is 1.18 bits per heavy atom. The van der Waals surface area contributed by atoms with E-state index < -0.39 is 0 Å². The number of rotatable bonds is 2. The molecule has 1 aliphatic heterocycles. The minimum Gasteiger partial charge on any atom is -0.399 e. The number of nitrogens with zero attached hydrogens (tertiary/aromatic N) is 1. The summed E-state index contributed by atoms with van der Waals surface area (Å²) in [7, 11) is -0.348. The lowest BCUT2D eigenvalue weighted by molar-refractivity contribution is 0.00578. The van der Waals surface area contributed by atoms with Crippen LogP contribution in [0, 0.1) is 0 Å². The first-order valence-electron chi connectivity index (χ1n) is 5.86. The molecule has 0 spiro atoms. The molecule has 0 amide bonds. The third-order valence-electron chi connectivity index (χ3n) is 3.58. The molecule has 0 saturated carbocycles. The standard InChI is InChI=1S/C12H19BN2O2/c1-11(2)12(3,4)17-13(16-11)9-5-6-10(7-14)15-8-9/h5-6,8H,7,14H2,1-4H3. The molecule has 4 nitrogen and oxygen atoms in total. The Balaban J connectivity index is 2.20. The Morgan fingerprint density at radius 2 is 1.76 bits per heavy atom. The highest BCUT2D eigenvalue weighted by Gasteiger charge is 2.51. The lowest BCUT2D eigenvalue weighted by atomic mass is 9.80. The minimum absolute atomic E-state index is 0.315. The van der Waals surface area contributed by atoms with Crippen molar-refractivity contribution < 1.29 is 9.31 Å². The summed E-state index contributed by atoms with van der Waals surface area (Å²) in [6.45, 7) is 8.59. The molecule has 0 atom stereocenters. The van der Waals surface area contributed by atoms with E-state index in [2.05, 4.69) is 4.98 Å².